The van der Waals surface area contributed by atoms with Crippen molar-refractivity contribution in [2.24, 2.45) is 10.7 Å². The van der Waals surface area contributed by atoms with E-state index in [1.165, 1.54) is 11.5 Å². The van der Waals surface area contributed by atoms with E-state index in [-0.39, 0.29) is 5.88 Å². The Labute approximate surface area is 90.4 Å². The first-order valence-electron chi connectivity index (χ1n) is 4.04. The van der Waals surface area contributed by atoms with Gasteiger partial charge in [0.2, 0.25) is 0 Å². The molecule has 2 rings (SSSR count). The van der Waals surface area contributed by atoms with Crippen molar-refractivity contribution in [3.05, 3.63) is 24.3 Å². The third-order valence-corrected chi connectivity index (χ3v) is 2.84. The van der Waals surface area contributed by atoms with Gasteiger partial charge in [-0.05, 0) is 23.7 Å². The maximum Gasteiger partial charge on any atom is 0.175 e. The third kappa shape index (κ3) is 1.71. The lowest BCUT2D eigenvalue weighted by atomic mass is 10.3. The summed E-state index contributed by atoms with van der Waals surface area (Å²) in [5, 5.41) is 1.02. The van der Waals surface area contributed by atoms with Crippen LogP contribution in [0.4, 0.5) is 5.82 Å². The average Bonchev–Trinajstić information content (AvgIpc) is 2.62. The molecule has 1 aromatic heterocycles. The zero-order chi connectivity index (χ0) is 9.97. The van der Waals surface area contributed by atoms with Gasteiger partial charge < -0.3 is 5.73 Å². The highest BCUT2D eigenvalue weighted by atomic mass is 35.5. The maximum absolute atomic E-state index is 5.54. The van der Waals surface area contributed by atoms with Crippen LogP contribution in [0.2, 0.25) is 0 Å². The fourth-order valence-electron chi connectivity index (χ4n) is 1.12. The van der Waals surface area contributed by atoms with Gasteiger partial charge in [0, 0.05) is 5.39 Å². The highest BCUT2D eigenvalue weighted by Crippen LogP contribution is 2.28. The zero-order valence-corrected chi connectivity index (χ0v) is 8.85. The average molecular weight is 226 g/mol. The summed E-state index contributed by atoms with van der Waals surface area (Å²) < 4.78 is 5.30. The number of hydrogen-bond donors (Lipinski definition) is 1. The topological polar surface area (TPSA) is 51.3 Å². The van der Waals surface area contributed by atoms with Gasteiger partial charge in [0.05, 0.1) is 10.6 Å². The number of hydrogen-bond acceptors (Lipinski definition) is 3. The molecule has 0 aliphatic carbocycles. The van der Waals surface area contributed by atoms with Gasteiger partial charge in [0.25, 0.3) is 0 Å². The molecule has 0 amide bonds. The van der Waals surface area contributed by atoms with Crippen LogP contribution in [0.5, 0.6) is 0 Å². The van der Waals surface area contributed by atoms with Crippen LogP contribution in [0, 0.1) is 0 Å². The SMILES string of the molecule is NC(CCl)=Nc1nsc2ccccc12. The van der Waals surface area contributed by atoms with Gasteiger partial charge in [-0.15, -0.1) is 11.6 Å². The zero-order valence-electron chi connectivity index (χ0n) is 7.27. The monoisotopic (exact) mass is 225 g/mol. The van der Waals surface area contributed by atoms with E-state index < -0.39 is 0 Å². The molecule has 0 radical (unpaired) electrons. The Hall–Kier alpha value is -1.13. The Balaban J connectivity index is 2.53. The minimum Gasteiger partial charge on any atom is -0.386 e. The van der Waals surface area contributed by atoms with Crippen LogP contribution in [-0.4, -0.2) is 16.1 Å². The van der Waals surface area contributed by atoms with E-state index in [9.17, 15) is 0 Å². The molecule has 0 aliphatic heterocycles. The molecule has 14 heavy (non-hydrogen) atoms. The summed E-state index contributed by atoms with van der Waals surface area (Å²) >= 11 is 6.95. The van der Waals surface area contributed by atoms with E-state index in [0.29, 0.717) is 11.7 Å². The summed E-state index contributed by atoms with van der Waals surface area (Å²) in [4.78, 5) is 4.13. The lowest BCUT2D eigenvalue weighted by Gasteiger charge is -1.92. The third-order valence-electron chi connectivity index (χ3n) is 1.74. The van der Waals surface area contributed by atoms with Crippen LogP contribution in [-0.2, 0) is 0 Å². The molecular weight excluding hydrogens is 218 g/mol. The summed E-state index contributed by atoms with van der Waals surface area (Å²) in [6, 6.07) is 7.90. The van der Waals surface area contributed by atoms with Crippen LogP contribution in [0.1, 0.15) is 0 Å². The summed E-state index contributed by atoms with van der Waals surface area (Å²) in [6.07, 6.45) is 0. The van der Waals surface area contributed by atoms with Crippen molar-refractivity contribution in [3.63, 3.8) is 0 Å². The van der Waals surface area contributed by atoms with E-state index in [2.05, 4.69) is 9.37 Å². The highest BCUT2D eigenvalue weighted by molar-refractivity contribution is 7.13. The quantitative estimate of drug-likeness (QED) is 0.485. The Morgan fingerprint density at radius 2 is 2.29 bits per heavy atom. The van der Waals surface area contributed by atoms with Crippen molar-refractivity contribution in [3.8, 4) is 0 Å². The van der Waals surface area contributed by atoms with Crippen molar-refractivity contribution >= 4 is 44.9 Å². The minimum absolute atomic E-state index is 0.228. The van der Waals surface area contributed by atoms with E-state index >= 15 is 0 Å². The molecular formula is C9H8ClN3S. The lowest BCUT2D eigenvalue weighted by molar-refractivity contribution is 1.40. The second-order valence-corrected chi connectivity index (χ2v) is 3.81. The van der Waals surface area contributed by atoms with Crippen LogP contribution >= 0.6 is 23.1 Å². The van der Waals surface area contributed by atoms with Gasteiger partial charge >= 0.3 is 0 Å². The molecule has 0 spiro atoms. The summed E-state index contributed by atoms with van der Waals surface area (Å²) in [5.74, 6) is 1.28. The molecule has 1 aromatic carbocycles. The van der Waals surface area contributed by atoms with Crippen LogP contribution in [0.3, 0.4) is 0 Å². The molecule has 2 aromatic rings. The maximum atomic E-state index is 5.54. The first-order chi connectivity index (χ1) is 6.81. The number of aromatic nitrogens is 1. The minimum atomic E-state index is 0.228. The molecule has 0 aliphatic rings. The molecule has 1 heterocycles. The van der Waals surface area contributed by atoms with E-state index in [0.717, 1.165) is 10.1 Å². The van der Waals surface area contributed by atoms with Crippen molar-refractivity contribution in [2.75, 3.05) is 5.88 Å². The second kappa shape index (κ2) is 3.94. The fourth-order valence-corrected chi connectivity index (χ4v) is 1.90. The van der Waals surface area contributed by atoms with Gasteiger partial charge in [-0.25, -0.2) is 4.99 Å². The molecule has 0 bridgehead atoms. The van der Waals surface area contributed by atoms with Gasteiger partial charge in [-0.2, -0.15) is 4.37 Å². The molecule has 72 valence electrons. The molecule has 0 unspecified atom stereocenters. The molecule has 0 atom stereocenters. The predicted octanol–water partition coefficient (Wildman–Crippen LogP) is 2.52. The van der Waals surface area contributed by atoms with Crippen LogP contribution in [0.15, 0.2) is 29.3 Å². The number of alkyl halides is 1. The van der Waals surface area contributed by atoms with Crippen molar-refractivity contribution in [1.29, 1.82) is 0 Å². The van der Waals surface area contributed by atoms with Gasteiger partial charge in [0.1, 0.15) is 5.84 Å². The van der Waals surface area contributed by atoms with Crippen LogP contribution < -0.4 is 5.73 Å². The number of nitrogens with two attached hydrogens (primary N) is 1. The van der Waals surface area contributed by atoms with Crippen molar-refractivity contribution < 1.29 is 0 Å². The molecule has 3 nitrogen and oxygen atoms in total. The Morgan fingerprint density at radius 1 is 1.50 bits per heavy atom. The van der Waals surface area contributed by atoms with Crippen molar-refractivity contribution in [2.45, 2.75) is 0 Å². The lowest BCUT2D eigenvalue weighted by Crippen LogP contribution is -2.12. The number of rotatable bonds is 2. The number of nitrogens with zero attached hydrogens (tertiary/aromatic N) is 2. The first kappa shape index (κ1) is 9.43. The smallest absolute Gasteiger partial charge is 0.175 e. The highest BCUT2D eigenvalue weighted by Gasteiger charge is 2.03. The van der Waals surface area contributed by atoms with Gasteiger partial charge in [-0.3, -0.25) is 0 Å². The number of benzene rings is 1. The molecule has 0 fully saturated rings. The fraction of sp³-hybridized carbons (Fsp3) is 0.111. The standard InChI is InChI=1S/C9H8ClN3S/c10-5-8(11)12-9-6-3-1-2-4-7(6)14-13-9/h1-4H,5H2,(H2,11,12,13). The Bertz CT molecular complexity index is 478. The number of aliphatic imine (C=N–C) groups is 1. The predicted molar refractivity (Wildman–Crippen MR) is 61.6 cm³/mol. The first-order valence-corrected chi connectivity index (χ1v) is 5.35. The molecule has 5 heteroatoms. The molecule has 2 N–H and O–H groups in total. The van der Waals surface area contributed by atoms with Gasteiger partial charge in [-0.1, -0.05) is 12.1 Å². The summed E-state index contributed by atoms with van der Waals surface area (Å²) in [6.45, 7) is 0. The van der Waals surface area contributed by atoms with Crippen LogP contribution in [0.25, 0.3) is 10.1 Å². The van der Waals surface area contributed by atoms with E-state index in [4.69, 9.17) is 17.3 Å². The number of halogens is 1. The van der Waals surface area contributed by atoms with E-state index in [1.54, 1.807) is 0 Å². The van der Waals surface area contributed by atoms with Crippen molar-refractivity contribution in [1.82, 2.24) is 4.37 Å². The Kier molecular flexibility index (Phi) is 2.65. The molecule has 0 saturated heterocycles. The Morgan fingerprint density at radius 3 is 3.07 bits per heavy atom. The molecule has 0 saturated carbocycles. The second-order valence-electron chi connectivity index (χ2n) is 2.74. The largest absolute Gasteiger partial charge is 0.386 e. The van der Waals surface area contributed by atoms with Gasteiger partial charge in [0.15, 0.2) is 5.82 Å². The number of amidine groups is 1. The normalized spacial score (nSPS) is 12.2. The van der Waals surface area contributed by atoms with E-state index in [1.807, 2.05) is 24.3 Å². The summed E-state index contributed by atoms with van der Waals surface area (Å²) in [5.41, 5.74) is 5.54. The summed E-state index contributed by atoms with van der Waals surface area (Å²) in [7, 11) is 0. The number of fused-ring (bicyclic) bond motifs is 1.